The summed E-state index contributed by atoms with van der Waals surface area (Å²) < 4.78 is 83.3. The summed E-state index contributed by atoms with van der Waals surface area (Å²) in [6, 6.07) is 4.93. The molecule has 2 aromatic heterocycles. The number of aliphatic hydroxyl groups excluding tert-OH is 1. The Morgan fingerprint density at radius 2 is 1.84 bits per heavy atom. The largest absolute Gasteiger partial charge is 0.573 e. The van der Waals surface area contributed by atoms with E-state index >= 15 is 0 Å². The van der Waals surface area contributed by atoms with Crippen molar-refractivity contribution in [3.63, 3.8) is 0 Å². The van der Waals surface area contributed by atoms with Gasteiger partial charge in [0, 0.05) is 17.8 Å². The van der Waals surface area contributed by atoms with Crippen molar-refractivity contribution in [1.82, 2.24) is 14.6 Å². The van der Waals surface area contributed by atoms with Crippen LogP contribution in [0.1, 0.15) is 31.2 Å². The van der Waals surface area contributed by atoms with Gasteiger partial charge in [-0.3, -0.25) is 4.40 Å². The van der Waals surface area contributed by atoms with Crippen LogP contribution in [0.25, 0.3) is 16.8 Å². The lowest BCUT2D eigenvalue weighted by atomic mass is 9.93. The van der Waals surface area contributed by atoms with Gasteiger partial charge in [0.25, 0.3) is 0 Å². The average Bonchev–Trinajstić information content (AvgIpc) is 3.17. The predicted molar refractivity (Wildman–Crippen MR) is 102 cm³/mol. The zero-order valence-electron chi connectivity index (χ0n) is 16.4. The Labute approximate surface area is 177 Å². The van der Waals surface area contributed by atoms with Crippen molar-refractivity contribution < 1.29 is 36.2 Å². The zero-order chi connectivity index (χ0) is 23.1. The zero-order valence-corrected chi connectivity index (χ0v) is 16.4. The number of aliphatic hydroxyl groups is 1. The first kappa shape index (κ1) is 22.2. The maximum absolute atomic E-state index is 13.0. The topological polar surface area (TPSA) is 71.7 Å². The van der Waals surface area contributed by atoms with Crippen LogP contribution in [0, 0.1) is 0 Å². The highest BCUT2D eigenvalue weighted by Crippen LogP contribution is 2.40. The summed E-state index contributed by atoms with van der Waals surface area (Å²) in [7, 11) is 0. The SMILES string of the molecule is O[C@H]1CCC[C@@H](Nc2nnc(-c3ccc(C(F)(F)F)cc3OC(F)(F)F)c3cccn23)C1. The summed E-state index contributed by atoms with van der Waals surface area (Å²) in [5.41, 5.74) is -1.32. The lowest BCUT2D eigenvalue weighted by Crippen LogP contribution is -2.31. The number of alkyl halides is 6. The van der Waals surface area contributed by atoms with Crippen molar-refractivity contribution in [1.29, 1.82) is 0 Å². The molecule has 172 valence electrons. The molecule has 2 heterocycles. The molecule has 1 saturated carbocycles. The van der Waals surface area contributed by atoms with E-state index in [4.69, 9.17) is 0 Å². The molecule has 0 unspecified atom stereocenters. The molecule has 4 rings (SSSR count). The van der Waals surface area contributed by atoms with Crippen LogP contribution in [0.5, 0.6) is 5.75 Å². The van der Waals surface area contributed by atoms with Gasteiger partial charge in [-0.25, -0.2) is 0 Å². The third-order valence-corrected chi connectivity index (χ3v) is 5.23. The minimum atomic E-state index is -5.20. The van der Waals surface area contributed by atoms with Gasteiger partial charge >= 0.3 is 12.5 Å². The van der Waals surface area contributed by atoms with E-state index in [2.05, 4.69) is 20.3 Å². The molecule has 1 aliphatic rings. The molecule has 0 aliphatic heterocycles. The summed E-state index contributed by atoms with van der Waals surface area (Å²) in [6.45, 7) is 0. The molecule has 0 radical (unpaired) electrons. The third-order valence-electron chi connectivity index (χ3n) is 5.23. The number of nitrogens with zero attached hydrogens (tertiary/aromatic N) is 3. The number of hydrogen-bond donors (Lipinski definition) is 2. The Bertz CT molecular complexity index is 1110. The van der Waals surface area contributed by atoms with Crippen LogP contribution in [-0.4, -0.2) is 38.2 Å². The smallest absolute Gasteiger partial charge is 0.405 e. The highest BCUT2D eigenvalue weighted by atomic mass is 19.4. The van der Waals surface area contributed by atoms with E-state index in [0.717, 1.165) is 18.9 Å². The number of ether oxygens (including phenoxy) is 1. The van der Waals surface area contributed by atoms with Gasteiger partial charge in [0.15, 0.2) is 0 Å². The van der Waals surface area contributed by atoms with E-state index in [1.165, 1.54) is 0 Å². The van der Waals surface area contributed by atoms with Gasteiger partial charge in [0.05, 0.1) is 17.2 Å². The molecular weight excluding hydrogens is 442 g/mol. The van der Waals surface area contributed by atoms with Crippen LogP contribution in [0.3, 0.4) is 0 Å². The van der Waals surface area contributed by atoms with Gasteiger partial charge in [0.1, 0.15) is 11.4 Å². The van der Waals surface area contributed by atoms with Crippen molar-refractivity contribution >= 4 is 11.5 Å². The van der Waals surface area contributed by atoms with Gasteiger partial charge < -0.3 is 15.2 Å². The minimum Gasteiger partial charge on any atom is -0.405 e. The predicted octanol–water partition coefficient (Wildman–Crippen LogP) is 5.03. The Balaban J connectivity index is 1.76. The second-order valence-corrected chi connectivity index (χ2v) is 7.55. The number of halogens is 6. The molecule has 0 bridgehead atoms. The average molecular weight is 460 g/mol. The fourth-order valence-corrected chi connectivity index (χ4v) is 3.83. The summed E-state index contributed by atoms with van der Waals surface area (Å²) in [5, 5.41) is 21.1. The summed E-state index contributed by atoms with van der Waals surface area (Å²) in [6.07, 6.45) is -6.06. The van der Waals surface area contributed by atoms with Gasteiger partial charge in [-0.1, -0.05) is 0 Å². The molecule has 3 aromatic rings. The molecule has 6 nitrogen and oxygen atoms in total. The van der Waals surface area contributed by atoms with Crippen molar-refractivity contribution in [2.45, 2.75) is 50.4 Å². The van der Waals surface area contributed by atoms with Gasteiger partial charge in [-0.15, -0.1) is 23.4 Å². The summed E-state index contributed by atoms with van der Waals surface area (Å²) >= 11 is 0. The van der Waals surface area contributed by atoms with Crippen molar-refractivity contribution in [3.8, 4) is 17.0 Å². The lowest BCUT2D eigenvalue weighted by molar-refractivity contribution is -0.274. The molecule has 2 N–H and O–H groups in total. The normalized spacial score (nSPS) is 19.8. The lowest BCUT2D eigenvalue weighted by Gasteiger charge is -2.27. The van der Waals surface area contributed by atoms with E-state index in [-0.39, 0.29) is 17.3 Å². The standard InChI is InChI=1S/C20H18F6N4O2/c21-19(22,23)11-6-7-14(16(9-11)32-20(24,25)26)17-15-5-2-8-30(15)18(29-28-17)27-12-3-1-4-13(31)10-12/h2,5-9,12-13,31H,1,3-4,10H2,(H,27,29)/t12-,13+/m1/s1. The number of hydrogen-bond acceptors (Lipinski definition) is 5. The third kappa shape index (κ3) is 4.74. The first-order chi connectivity index (χ1) is 15.0. The minimum absolute atomic E-state index is 0.0697. The van der Waals surface area contributed by atoms with Crippen LogP contribution in [-0.2, 0) is 6.18 Å². The molecule has 2 atom stereocenters. The number of benzene rings is 1. The number of fused-ring (bicyclic) bond motifs is 1. The van der Waals surface area contributed by atoms with E-state index in [1.54, 1.807) is 22.7 Å². The maximum Gasteiger partial charge on any atom is 0.573 e. The molecule has 1 fully saturated rings. The molecule has 1 aliphatic carbocycles. The maximum atomic E-state index is 13.0. The van der Waals surface area contributed by atoms with E-state index in [9.17, 15) is 31.4 Å². The van der Waals surface area contributed by atoms with Crippen molar-refractivity contribution in [2.24, 2.45) is 0 Å². The fourth-order valence-electron chi connectivity index (χ4n) is 3.83. The van der Waals surface area contributed by atoms with Crippen LogP contribution in [0.15, 0.2) is 36.5 Å². The Kier molecular flexibility index (Phi) is 5.65. The summed E-state index contributed by atoms with van der Waals surface area (Å²) in [5.74, 6) is -0.723. The monoisotopic (exact) mass is 460 g/mol. The van der Waals surface area contributed by atoms with Gasteiger partial charge in [0.2, 0.25) is 5.95 Å². The van der Waals surface area contributed by atoms with Gasteiger partial charge in [-0.2, -0.15) is 13.2 Å². The first-order valence-electron chi connectivity index (χ1n) is 9.77. The second kappa shape index (κ2) is 8.15. The van der Waals surface area contributed by atoms with E-state index in [0.29, 0.717) is 36.4 Å². The second-order valence-electron chi connectivity index (χ2n) is 7.55. The quantitative estimate of drug-likeness (QED) is 0.535. The Morgan fingerprint density at radius 3 is 2.53 bits per heavy atom. The molecule has 0 spiro atoms. The van der Waals surface area contributed by atoms with Crippen LogP contribution >= 0.6 is 0 Å². The van der Waals surface area contributed by atoms with E-state index < -0.39 is 30.0 Å². The highest BCUT2D eigenvalue weighted by Gasteiger charge is 2.36. The van der Waals surface area contributed by atoms with Crippen LogP contribution in [0.4, 0.5) is 32.3 Å². The first-order valence-corrected chi connectivity index (χ1v) is 9.77. The molecule has 12 heteroatoms. The number of rotatable bonds is 4. The molecule has 0 saturated heterocycles. The van der Waals surface area contributed by atoms with Crippen molar-refractivity contribution in [3.05, 3.63) is 42.1 Å². The van der Waals surface area contributed by atoms with Gasteiger partial charge in [-0.05, 0) is 56.0 Å². The highest BCUT2D eigenvalue weighted by molar-refractivity contribution is 5.81. The number of anilines is 1. The number of aromatic nitrogens is 3. The van der Waals surface area contributed by atoms with Crippen LogP contribution < -0.4 is 10.1 Å². The molecule has 32 heavy (non-hydrogen) atoms. The summed E-state index contributed by atoms with van der Waals surface area (Å²) in [4.78, 5) is 0. The molecule has 0 amide bonds. The van der Waals surface area contributed by atoms with E-state index in [1.807, 2.05) is 0 Å². The fraction of sp³-hybridized carbons (Fsp3) is 0.400. The Morgan fingerprint density at radius 1 is 1.06 bits per heavy atom. The van der Waals surface area contributed by atoms with Crippen LogP contribution in [0.2, 0.25) is 0 Å². The number of nitrogens with one attached hydrogen (secondary N) is 1. The molecule has 1 aromatic carbocycles. The van der Waals surface area contributed by atoms with Crippen molar-refractivity contribution in [2.75, 3.05) is 5.32 Å². The molecular formula is C20H18F6N4O2. The Hall–Kier alpha value is -3.02.